The average Bonchev–Trinajstić information content (AvgIpc) is 3.15. The average molecular weight is 827 g/mol. The van der Waals surface area contributed by atoms with Crippen LogP contribution in [0, 0.1) is 0 Å². The molecule has 0 aliphatic rings. The van der Waals surface area contributed by atoms with Crippen LogP contribution in [0.25, 0.3) is 0 Å². The number of carbonyl (C=O) groups excluding carboxylic acids is 2. The van der Waals surface area contributed by atoms with Gasteiger partial charge in [0.2, 0.25) is 0 Å². The van der Waals surface area contributed by atoms with Gasteiger partial charge >= 0.3 is 19.8 Å². The van der Waals surface area contributed by atoms with E-state index in [-0.39, 0.29) is 32.2 Å². The molecule has 11 heteroatoms. The fraction of sp³-hybridized carbons (Fsp3) is 0.783. The lowest BCUT2D eigenvalue weighted by molar-refractivity contribution is -0.870. The quantitative estimate of drug-likeness (QED) is 0.0155. The fourth-order valence-electron chi connectivity index (χ4n) is 5.88. The summed E-state index contributed by atoms with van der Waals surface area (Å²) in [6.07, 6.45) is 40.6. The molecule has 0 amide bonds. The van der Waals surface area contributed by atoms with Gasteiger partial charge in [0.15, 0.2) is 6.10 Å². The third-order valence-electron chi connectivity index (χ3n) is 9.47. The lowest BCUT2D eigenvalue weighted by atomic mass is 10.0. The predicted molar refractivity (Wildman–Crippen MR) is 235 cm³/mol. The van der Waals surface area contributed by atoms with Crippen molar-refractivity contribution in [3.05, 3.63) is 48.6 Å². The number of hydrogen-bond donors (Lipinski definition) is 2. The molecule has 0 aliphatic carbocycles. The topological polar surface area (TPSA) is 129 Å². The van der Waals surface area contributed by atoms with Crippen LogP contribution in [0.3, 0.4) is 0 Å². The van der Waals surface area contributed by atoms with E-state index in [2.05, 4.69) is 32.1 Å². The lowest BCUT2D eigenvalue weighted by Crippen LogP contribution is -2.37. The summed E-state index contributed by atoms with van der Waals surface area (Å²) in [5.41, 5.74) is 0. The second kappa shape index (κ2) is 38.2. The van der Waals surface area contributed by atoms with Gasteiger partial charge < -0.3 is 24.0 Å². The van der Waals surface area contributed by atoms with Crippen molar-refractivity contribution in [3.8, 4) is 0 Å². The van der Waals surface area contributed by atoms with E-state index in [9.17, 15) is 24.2 Å². The third kappa shape index (κ3) is 41.9. The van der Waals surface area contributed by atoms with Crippen LogP contribution >= 0.6 is 7.82 Å². The molecule has 0 bridgehead atoms. The van der Waals surface area contributed by atoms with Crippen molar-refractivity contribution in [1.29, 1.82) is 0 Å². The minimum Gasteiger partial charge on any atom is -0.462 e. The third-order valence-corrected chi connectivity index (χ3v) is 10.5. The second-order valence-electron chi connectivity index (χ2n) is 16.3. The zero-order chi connectivity index (χ0) is 42.3. The summed E-state index contributed by atoms with van der Waals surface area (Å²) in [7, 11) is 1.42. The molecule has 0 aromatic carbocycles. The molecule has 0 spiro atoms. The molecule has 0 saturated carbocycles. The molecule has 3 atom stereocenters. The monoisotopic (exact) mass is 827 g/mol. The SMILES string of the molecule is CCCCCCCCCCCCCCCCCC(=O)O[C@H](COC(=O)CCC/C=C\C/C=C\C/C=C\C=C\[C@H](O)CCCCC)COP(=O)(O)OCC[N+](C)(C)C. The van der Waals surface area contributed by atoms with Crippen molar-refractivity contribution in [1.82, 2.24) is 0 Å². The van der Waals surface area contributed by atoms with Crippen LogP contribution in [-0.2, 0) is 32.7 Å². The standard InChI is InChI=1S/C46H84NO9P/c1-6-8-10-11-12-13-14-15-16-17-20-24-27-30-34-38-46(50)56-44(42-55-57(51,52)54-40-39-47(3,4)5)41-53-45(49)37-33-29-26-23-21-18-19-22-25-28-32-36-43(48)35-31-9-7-2/h18-19,23,25-26,28,32,36,43-44,48H,6-17,20-22,24,27,29-31,33-35,37-42H2,1-5H3/p+1/b19-18-,26-23-,28-25-,36-32+/t43-,44-/m1/s1. The van der Waals surface area contributed by atoms with Gasteiger partial charge in [-0.25, -0.2) is 4.57 Å². The summed E-state index contributed by atoms with van der Waals surface area (Å²) in [5.74, 6) is -0.888. The maximum atomic E-state index is 12.7. The van der Waals surface area contributed by atoms with Crippen LogP contribution < -0.4 is 0 Å². The first-order chi connectivity index (χ1) is 27.4. The first kappa shape index (κ1) is 54.9. The number of aliphatic hydroxyl groups excluding tert-OH is 1. The normalized spacial score (nSPS) is 14.6. The number of quaternary nitrogens is 1. The maximum Gasteiger partial charge on any atom is 0.472 e. The zero-order valence-corrected chi connectivity index (χ0v) is 37.8. The van der Waals surface area contributed by atoms with Crippen LogP contribution in [-0.4, -0.2) is 86.1 Å². The molecule has 0 aromatic rings. The summed E-state index contributed by atoms with van der Waals surface area (Å²) in [6.45, 7) is 4.22. The zero-order valence-electron chi connectivity index (χ0n) is 36.9. The van der Waals surface area contributed by atoms with Gasteiger partial charge in [-0.15, -0.1) is 0 Å². The Hall–Kier alpha value is -2.07. The first-order valence-electron chi connectivity index (χ1n) is 22.5. The van der Waals surface area contributed by atoms with Gasteiger partial charge in [0.25, 0.3) is 0 Å². The van der Waals surface area contributed by atoms with Gasteiger partial charge in [-0.1, -0.05) is 172 Å². The summed E-state index contributed by atoms with van der Waals surface area (Å²) in [4.78, 5) is 35.3. The minimum absolute atomic E-state index is 0.0155. The highest BCUT2D eigenvalue weighted by Crippen LogP contribution is 2.43. The molecule has 0 saturated heterocycles. The summed E-state index contributed by atoms with van der Waals surface area (Å²) in [5, 5.41) is 9.90. The Morgan fingerprint density at radius 1 is 0.632 bits per heavy atom. The van der Waals surface area contributed by atoms with Crippen molar-refractivity contribution < 1.29 is 47.2 Å². The smallest absolute Gasteiger partial charge is 0.462 e. The summed E-state index contributed by atoms with van der Waals surface area (Å²) < 4.78 is 34.2. The Morgan fingerprint density at radius 3 is 1.75 bits per heavy atom. The molecule has 0 heterocycles. The highest BCUT2D eigenvalue weighted by molar-refractivity contribution is 7.47. The van der Waals surface area contributed by atoms with Gasteiger partial charge in [-0.2, -0.15) is 0 Å². The number of carbonyl (C=O) groups is 2. The van der Waals surface area contributed by atoms with Crippen LogP contribution in [0.5, 0.6) is 0 Å². The molecule has 332 valence electrons. The number of nitrogens with zero attached hydrogens (tertiary/aromatic N) is 1. The number of unbranched alkanes of at least 4 members (excludes halogenated alkanes) is 17. The van der Waals surface area contributed by atoms with Crippen LogP contribution in [0.15, 0.2) is 48.6 Å². The molecule has 57 heavy (non-hydrogen) atoms. The number of phosphoric acid groups is 1. The van der Waals surface area contributed by atoms with E-state index in [1.54, 1.807) is 0 Å². The number of hydrogen-bond acceptors (Lipinski definition) is 8. The highest BCUT2D eigenvalue weighted by atomic mass is 31.2. The number of rotatable bonds is 40. The summed E-state index contributed by atoms with van der Waals surface area (Å²) in [6, 6.07) is 0. The Bertz CT molecular complexity index is 1130. The molecule has 1 unspecified atom stereocenters. The molecule has 0 rings (SSSR count). The van der Waals surface area contributed by atoms with Gasteiger partial charge in [-0.3, -0.25) is 18.6 Å². The fourth-order valence-corrected chi connectivity index (χ4v) is 6.62. The van der Waals surface area contributed by atoms with Gasteiger partial charge in [0.05, 0.1) is 33.9 Å². The van der Waals surface area contributed by atoms with E-state index in [0.717, 1.165) is 57.8 Å². The number of esters is 2. The van der Waals surface area contributed by atoms with Gasteiger partial charge in [0.1, 0.15) is 19.8 Å². The van der Waals surface area contributed by atoms with E-state index in [1.165, 1.54) is 70.6 Å². The molecule has 0 aromatic heterocycles. The van der Waals surface area contributed by atoms with Crippen LogP contribution in [0.1, 0.15) is 174 Å². The van der Waals surface area contributed by atoms with Gasteiger partial charge in [0, 0.05) is 12.8 Å². The maximum absolute atomic E-state index is 12.7. The van der Waals surface area contributed by atoms with E-state index in [1.807, 2.05) is 51.5 Å². The molecular formula is C46H85NO9P+. The molecule has 0 aliphatic heterocycles. The molecule has 10 nitrogen and oxygen atoms in total. The highest BCUT2D eigenvalue weighted by Gasteiger charge is 2.27. The molecule has 0 radical (unpaired) electrons. The predicted octanol–water partition coefficient (Wildman–Crippen LogP) is 11.7. The number of aliphatic hydroxyl groups is 1. The van der Waals surface area contributed by atoms with E-state index >= 15 is 0 Å². The number of likely N-dealkylation sites (N-methyl/N-ethyl adjacent to an activating group) is 1. The van der Waals surface area contributed by atoms with Crippen molar-refractivity contribution in [2.24, 2.45) is 0 Å². The molecular weight excluding hydrogens is 741 g/mol. The molecule has 2 N–H and O–H groups in total. The van der Waals surface area contributed by atoms with E-state index in [4.69, 9.17) is 18.5 Å². The van der Waals surface area contributed by atoms with E-state index in [0.29, 0.717) is 30.3 Å². The molecule has 0 fully saturated rings. The number of ether oxygens (including phenoxy) is 2. The van der Waals surface area contributed by atoms with Crippen molar-refractivity contribution >= 4 is 19.8 Å². The second-order valence-corrected chi connectivity index (χ2v) is 17.7. The van der Waals surface area contributed by atoms with Crippen molar-refractivity contribution in [2.75, 3.05) is 47.5 Å². The Kier molecular flexibility index (Phi) is 36.8. The first-order valence-corrected chi connectivity index (χ1v) is 24.0. The van der Waals surface area contributed by atoms with Crippen molar-refractivity contribution in [2.45, 2.75) is 187 Å². The van der Waals surface area contributed by atoms with Crippen molar-refractivity contribution in [3.63, 3.8) is 0 Å². The Labute approximate surface area is 348 Å². The Morgan fingerprint density at radius 2 is 1.16 bits per heavy atom. The largest absolute Gasteiger partial charge is 0.472 e. The minimum atomic E-state index is -4.40. The Balaban J connectivity index is 4.47. The number of allylic oxidation sites excluding steroid dienone is 7. The summed E-state index contributed by atoms with van der Waals surface area (Å²) >= 11 is 0. The van der Waals surface area contributed by atoms with Gasteiger partial charge in [-0.05, 0) is 38.5 Å². The van der Waals surface area contributed by atoms with Crippen LogP contribution in [0.2, 0.25) is 0 Å². The lowest BCUT2D eigenvalue weighted by Gasteiger charge is -2.24. The van der Waals surface area contributed by atoms with E-state index < -0.39 is 32.5 Å². The van der Waals surface area contributed by atoms with Crippen LogP contribution in [0.4, 0.5) is 0 Å². The number of phosphoric ester groups is 1.